The van der Waals surface area contributed by atoms with E-state index >= 15 is 0 Å². The van der Waals surface area contributed by atoms with Crippen LogP contribution in [0.5, 0.6) is 0 Å². The van der Waals surface area contributed by atoms with E-state index in [0.29, 0.717) is 5.56 Å². The second-order valence-electron chi connectivity index (χ2n) is 5.49. The molecular weight excluding hydrogens is 256 g/mol. The predicted molar refractivity (Wildman–Crippen MR) is 74.2 cm³/mol. The van der Waals surface area contributed by atoms with Gasteiger partial charge in [0.1, 0.15) is 5.60 Å². The first kappa shape index (κ1) is 15.7. The van der Waals surface area contributed by atoms with E-state index in [-0.39, 0.29) is 5.56 Å². The number of aryl methyl sites for hydroxylation is 1. The summed E-state index contributed by atoms with van der Waals surface area (Å²) in [5.74, 6) is -0.504. The van der Waals surface area contributed by atoms with Gasteiger partial charge in [0, 0.05) is 12.6 Å². The van der Waals surface area contributed by atoms with E-state index in [2.05, 4.69) is 0 Å². The van der Waals surface area contributed by atoms with Gasteiger partial charge in [-0.25, -0.2) is 9.69 Å². The summed E-state index contributed by atoms with van der Waals surface area (Å²) >= 11 is 0. The summed E-state index contributed by atoms with van der Waals surface area (Å²) in [6.07, 6.45) is -0.721. The maximum Gasteiger partial charge on any atom is 0.417 e. The van der Waals surface area contributed by atoms with Gasteiger partial charge in [-0.3, -0.25) is 4.79 Å². The summed E-state index contributed by atoms with van der Waals surface area (Å²) in [7, 11) is 1.35. The first-order valence-corrected chi connectivity index (χ1v) is 6.17. The first-order valence-electron chi connectivity index (χ1n) is 6.17. The van der Waals surface area contributed by atoms with Gasteiger partial charge in [-0.15, -0.1) is 0 Å². The zero-order chi connectivity index (χ0) is 15.5. The zero-order valence-electron chi connectivity index (χ0n) is 12.4. The van der Waals surface area contributed by atoms with Crippen molar-refractivity contribution in [1.82, 2.24) is 4.90 Å². The van der Waals surface area contributed by atoms with E-state index in [9.17, 15) is 9.59 Å². The topological polar surface area (TPSA) is 70.4 Å². The molecule has 0 saturated heterocycles. The number of hydrogen-bond donors (Lipinski definition) is 0. The molecule has 0 atom stereocenters. The van der Waals surface area contributed by atoms with Crippen molar-refractivity contribution in [2.75, 3.05) is 7.05 Å². The van der Waals surface area contributed by atoms with Crippen LogP contribution in [0.1, 0.15) is 42.3 Å². The molecule has 5 heteroatoms. The number of carbonyl (C=O) groups excluding carboxylic acids is 2. The van der Waals surface area contributed by atoms with Crippen LogP contribution < -0.4 is 0 Å². The van der Waals surface area contributed by atoms with E-state index in [4.69, 9.17) is 10.00 Å². The summed E-state index contributed by atoms with van der Waals surface area (Å²) in [5, 5.41) is 8.96. The van der Waals surface area contributed by atoms with Crippen molar-refractivity contribution in [2.24, 2.45) is 0 Å². The fourth-order valence-corrected chi connectivity index (χ4v) is 1.48. The number of hydrogen-bond acceptors (Lipinski definition) is 4. The number of benzene rings is 1. The van der Waals surface area contributed by atoms with E-state index < -0.39 is 17.6 Å². The highest BCUT2D eigenvalue weighted by Crippen LogP contribution is 2.14. The molecule has 0 aliphatic carbocycles. The third-order valence-electron chi connectivity index (χ3n) is 2.58. The van der Waals surface area contributed by atoms with E-state index in [1.54, 1.807) is 39.8 Å². The number of nitriles is 1. The van der Waals surface area contributed by atoms with Gasteiger partial charge in [0.2, 0.25) is 0 Å². The quantitative estimate of drug-likeness (QED) is 0.789. The minimum absolute atomic E-state index is 0.278. The molecule has 0 saturated carbocycles. The number of carbonyl (C=O) groups is 2. The van der Waals surface area contributed by atoms with Crippen molar-refractivity contribution in [3.63, 3.8) is 0 Å². The average molecular weight is 274 g/mol. The largest absolute Gasteiger partial charge is 0.443 e. The van der Waals surface area contributed by atoms with Crippen molar-refractivity contribution in [3.8, 4) is 6.07 Å². The number of rotatable bonds is 1. The molecule has 0 N–H and O–H groups in total. The Morgan fingerprint density at radius 3 is 2.40 bits per heavy atom. The smallest absolute Gasteiger partial charge is 0.417 e. The molecule has 0 unspecified atom stereocenters. The van der Waals surface area contributed by atoms with Crippen LogP contribution in [0.25, 0.3) is 0 Å². The molecule has 1 rings (SSSR count). The zero-order valence-corrected chi connectivity index (χ0v) is 12.4. The van der Waals surface area contributed by atoms with Gasteiger partial charge in [0.05, 0.1) is 11.6 Å². The van der Waals surface area contributed by atoms with Crippen molar-refractivity contribution in [2.45, 2.75) is 33.3 Å². The molecule has 5 nitrogen and oxygen atoms in total. The molecule has 0 aliphatic rings. The van der Waals surface area contributed by atoms with Gasteiger partial charge in [0.25, 0.3) is 5.91 Å². The Hall–Kier alpha value is -2.35. The Morgan fingerprint density at radius 2 is 1.90 bits per heavy atom. The van der Waals surface area contributed by atoms with Crippen molar-refractivity contribution in [1.29, 1.82) is 5.26 Å². The molecule has 1 aromatic rings. The lowest BCUT2D eigenvalue weighted by molar-refractivity contribution is 0.0285. The van der Waals surface area contributed by atoms with Crippen LogP contribution in [0, 0.1) is 18.3 Å². The lowest BCUT2D eigenvalue weighted by atomic mass is 10.1. The van der Waals surface area contributed by atoms with Crippen LogP contribution in [-0.4, -0.2) is 29.5 Å². The Labute approximate surface area is 118 Å². The van der Waals surface area contributed by atoms with Gasteiger partial charge in [-0.05, 0) is 45.4 Å². The predicted octanol–water partition coefficient (Wildman–Crippen LogP) is 2.87. The number of amides is 2. The van der Waals surface area contributed by atoms with E-state index in [0.717, 1.165) is 10.5 Å². The van der Waals surface area contributed by atoms with Crippen LogP contribution in [0.15, 0.2) is 18.2 Å². The van der Waals surface area contributed by atoms with Crippen LogP contribution >= 0.6 is 0 Å². The van der Waals surface area contributed by atoms with Crippen LogP contribution in [0.4, 0.5) is 4.79 Å². The fraction of sp³-hybridized carbons (Fsp3) is 0.400. The van der Waals surface area contributed by atoms with Gasteiger partial charge < -0.3 is 4.74 Å². The van der Waals surface area contributed by atoms with Gasteiger partial charge in [0.15, 0.2) is 0 Å². The lowest BCUT2D eigenvalue weighted by Gasteiger charge is -2.23. The molecule has 0 bridgehead atoms. The van der Waals surface area contributed by atoms with Crippen LogP contribution in [-0.2, 0) is 4.74 Å². The SMILES string of the molecule is Cc1ccc(C(=O)N(C)C(=O)OC(C)(C)C)cc1C#N. The average Bonchev–Trinajstić information content (AvgIpc) is 2.35. The van der Waals surface area contributed by atoms with Crippen molar-refractivity contribution < 1.29 is 14.3 Å². The monoisotopic (exact) mass is 274 g/mol. The molecule has 0 aromatic heterocycles. The molecule has 0 heterocycles. The lowest BCUT2D eigenvalue weighted by Crippen LogP contribution is -2.38. The standard InChI is InChI=1S/C15H18N2O3/c1-10-6-7-11(8-12(10)9-16)13(18)17(5)14(19)20-15(2,3)4/h6-8H,1-5H3. The summed E-state index contributed by atoms with van der Waals surface area (Å²) < 4.78 is 5.12. The molecule has 0 radical (unpaired) electrons. The van der Waals surface area contributed by atoms with Crippen molar-refractivity contribution in [3.05, 3.63) is 34.9 Å². The van der Waals surface area contributed by atoms with Gasteiger partial charge in [-0.1, -0.05) is 6.07 Å². The molecule has 2 amide bonds. The Kier molecular flexibility index (Phi) is 4.51. The Balaban J connectivity index is 2.95. The van der Waals surface area contributed by atoms with Gasteiger partial charge >= 0.3 is 6.09 Å². The third kappa shape index (κ3) is 3.82. The minimum Gasteiger partial charge on any atom is -0.443 e. The number of imide groups is 1. The maximum atomic E-state index is 12.2. The normalized spacial score (nSPS) is 10.6. The van der Waals surface area contributed by atoms with Crippen LogP contribution in [0.3, 0.4) is 0 Å². The summed E-state index contributed by atoms with van der Waals surface area (Å²) in [6, 6.07) is 6.74. The second kappa shape index (κ2) is 5.74. The molecule has 0 spiro atoms. The highest BCUT2D eigenvalue weighted by Gasteiger charge is 2.25. The van der Waals surface area contributed by atoms with E-state index in [1.165, 1.54) is 13.1 Å². The highest BCUT2D eigenvalue weighted by atomic mass is 16.6. The molecule has 106 valence electrons. The van der Waals surface area contributed by atoms with Crippen molar-refractivity contribution >= 4 is 12.0 Å². The molecule has 1 aromatic carbocycles. The minimum atomic E-state index is -0.721. The van der Waals surface area contributed by atoms with Crippen LogP contribution in [0.2, 0.25) is 0 Å². The Bertz CT molecular complexity index is 580. The molecular formula is C15H18N2O3. The Morgan fingerprint density at radius 1 is 1.30 bits per heavy atom. The summed E-state index contributed by atoms with van der Waals surface area (Å²) in [5.41, 5.74) is 0.800. The van der Waals surface area contributed by atoms with Gasteiger partial charge in [-0.2, -0.15) is 5.26 Å². The number of nitrogens with zero attached hydrogens (tertiary/aromatic N) is 2. The second-order valence-corrected chi connectivity index (χ2v) is 5.49. The fourth-order valence-electron chi connectivity index (χ4n) is 1.48. The molecule has 20 heavy (non-hydrogen) atoms. The molecule has 0 aliphatic heterocycles. The van der Waals surface area contributed by atoms with E-state index in [1.807, 2.05) is 6.07 Å². The summed E-state index contributed by atoms with van der Waals surface area (Å²) in [4.78, 5) is 24.9. The number of ether oxygens (including phenoxy) is 1. The highest BCUT2D eigenvalue weighted by molar-refractivity contribution is 6.02. The third-order valence-corrected chi connectivity index (χ3v) is 2.58. The maximum absolute atomic E-state index is 12.2. The molecule has 0 fully saturated rings. The summed E-state index contributed by atoms with van der Waals surface area (Å²) in [6.45, 7) is 6.96. The first-order chi connectivity index (χ1) is 9.15.